The number of pyridine rings is 1. The lowest BCUT2D eigenvalue weighted by molar-refractivity contribution is 0.0951. The van der Waals surface area contributed by atoms with Crippen molar-refractivity contribution in [1.29, 1.82) is 0 Å². The van der Waals surface area contributed by atoms with Crippen molar-refractivity contribution in [2.24, 2.45) is 5.84 Å². The highest BCUT2D eigenvalue weighted by Gasteiger charge is 2.20. The Morgan fingerprint density at radius 3 is 2.90 bits per heavy atom. The molecule has 0 saturated carbocycles. The van der Waals surface area contributed by atoms with E-state index in [4.69, 9.17) is 10.6 Å². The van der Waals surface area contributed by atoms with Crippen molar-refractivity contribution in [3.63, 3.8) is 0 Å². The number of carbonyl (C=O) groups is 1. The molecule has 1 aliphatic rings. The molecule has 20 heavy (non-hydrogen) atoms. The van der Waals surface area contributed by atoms with Gasteiger partial charge in [0, 0.05) is 26.0 Å². The van der Waals surface area contributed by atoms with Gasteiger partial charge in [0.05, 0.1) is 0 Å². The number of aryl methyl sites for hydroxylation is 1. The number of rotatable bonds is 5. The Kier molecular flexibility index (Phi) is 4.92. The summed E-state index contributed by atoms with van der Waals surface area (Å²) in [6.45, 7) is 1.16. The maximum absolute atomic E-state index is 12.4. The maximum Gasteiger partial charge on any atom is 0.270 e. The summed E-state index contributed by atoms with van der Waals surface area (Å²) in [6, 6.07) is 1.70. The number of ether oxygens (including phenoxy) is 1. The molecule has 2 rings (SSSR count). The molecule has 1 heterocycles. The molecule has 6 nitrogen and oxygen atoms in total. The van der Waals surface area contributed by atoms with E-state index < -0.39 is 5.91 Å². The lowest BCUT2D eigenvalue weighted by atomic mass is 9.94. The van der Waals surface area contributed by atoms with Crippen LogP contribution in [0, 0.1) is 0 Å². The second-order valence-electron chi connectivity index (χ2n) is 5.01. The number of nitrogens with one attached hydrogen (secondary N) is 1. The second kappa shape index (κ2) is 6.67. The van der Waals surface area contributed by atoms with Gasteiger partial charge in [-0.15, -0.1) is 0 Å². The first-order chi connectivity index (χ1) is 9.69. The summed E-state index contributed by atoms with van der Waals surface area (Å²) in [7, 11) is 1.64. The number of nitrogens with zero attached hydrogens (tertiary/aromatic N) is 1. The van der Waals surface area contributed by atoms with Gasteiger partial charge in [0.15, 0.2) is 0 Å². The summed E-state index contributed by atoms with van der Waals surface area (Å²) in [5.74, 6) is 4.63. The van der Waals surface area contributed by atoms with Crippen LogP contribution >= 0.6 is 0 Å². The van der Waals surface area contributed by atoms with Gasteiger partial charge in [0.2, 0.25) is 0 Å². The maximum atomic E-state index is 12.4. The molecule has 0 aliphatic heterocycles. The van der Waals surface area contributed by atoms with E-state index in [0.29, 0.717) is 13.2 Å². The molecular weight excluding hydrogens is 258 g/mol. The molecule has 1 aromatic rings. The van der Waals surface area contributed by atoms with Crippen LogP contribution < -0.4 is 16.8 Å². The highest BCUT2D eigenvalue weighted by Crippen LogP contribution is 2.21. The first-order valence-corrected chi connectivity index (χ1v) is 6.94. The first-order valence-electron chi connectivity index (χ1n) is 6.94. The predicted octanol–water partition coefficient (Wildman–Crippen LogP) is 0.367. The minimum Gasteiger partial charge on any atom is -0.385 e. The third-order valence-electron chi connectivity index (χ3n) is 3.71. The van der Waals surface area contributed by atoms with Gasteiger partial charge in [-0.25, -0.2) is 5.84 Å². The number of fused-ring (bicyclic) bond motifs is 1. The van der Waals surface area contributed by atoms with E-state index in [1.54, 1.807) is 17.7 Å². The van der Waals surface area contributed by atoms with Crippen LogP contribution in [0.25, 0.3) is 0 Å². The molecule has 6 heteroatoms. The number of amides is 1. The van der Waals surface area contributed by atoms with Crippen LogP contribution in [-0.2, 0) is 24.1 Å². The summed E-state index contributed by atoms with van der Waals surface area (Å²) >= 11 is 0. The summed E-state index contributed by atoms with van der Waals surface area (Å²) in [6.07, 6.45) is 4.72. The quantitative estimate of drug-likeness (QED) is 0.353. The van der Waals surface area contributed by atoms with Crippen molar-refractivity contribution >= 4 is 5.91 Å². The summed E-state index contributed by atoms with van der Waals surface area (Å²) in [4.78, 5) is 24.2. The average Bonchev–Trinajstić information content (AvgIpc) is 2.48. The normalized spacial score (nSPS) is 13.9. The number of carbonyl (C=O) groups excluding carboxylic acids is 1. The van der Waals surface area contributed by atoms with Crippen molar-refractivity contribution in [2.75, 3.05) is 13.7 Å². The highest BCUT2D eigenvalue weighted by atomic mass is 16.5. The zero-order valence-corrected chi connectivity index (χ0v) is 11.8. The molecule has 1 aromatic heterocycles. The van der Waals surface area contributed by atoms with Crippen LogP contribution in [0.3, 0.4) is 0 Å². The topological polar surface area (TPSA) is 86.3 Å². The number of methoxy groups -OCH3 is 1. The standard InChI is InChI=1S/C14H21N3O3/c1-20-8-4-7-17-12-6-3-2-5-10(12)9-11(14(17)19)13(18)16-15/h9H,2-8,15H2,1H3,(H,16,18). The third-order valence-corrected chi connectivity index (χ3v) is 3.71. The monoisotopic (exact) mass is 279 g/mol. The van der Waals surface area contributed by atoms with E-state index in [9.17, 15) is 9.59 Å². The molecule has 0 unspecified atom stereocenters. The molecule has 0 spiro atoms. The van der Waals surface area contributed by atoms with E-state index in [1.165, 1.54) is 0 Å². The van der Waals surface area contributed by atoms with Gasteiger partial charge in [-0.05, 0) is 43.7 Å². The summed E-state index contributed by atoms with van der Waals surface area (Å²) < 4.78 is 6.75. The van der Waals surface area contributed by atoms with Crippen LogP contribution in [0.15, 0.2) is 10.9 Å². The van der Waals surface area contributed by atoms with Crippen molar-refractivity contribution < 1.29 is 9.53 Å². The molecule has 0 aromatic carbocycles. The van der Waals surface area contributed by atoms with Crippen LogP contribution in [0.1, 0.15) is 40.9 Å². The zero-order valence-electron chi connectivity index (χ0n) is 11.8. The number of aromatic nitrogens is 1. The van der Waals surface area contributed by atoms with Gasteiger partial charge in [0.25, 0.3) is 11.5 Å². The molecule has 1 amide bonds. The minimum absolute atomic E-state index is 0.130. The summed E-state index contributed by atoms with van der Waals surface area (Å²) in [5.41, 5.74) is 4.07. The van der Waals surface area contributed by atoms with Crippen molar-refractivity contribution in [3.05, 3.63) is 33.2 Å². The van der Waals surface area contributed by atoms with Crippen LogP contribution in [0.2, 0.25) is 0 Å². The molecule has 0 saturated heterocycles. The molecule has 110 valence electrons. The summed E-state index contributed by atoms with van der Waals surface area (Å²) in [5, 5.41) is 0. The fourth-order valence-electron chi connectivity index (χ4n) is 2.72. The van der Waals surface area contributed by atoms with E-state index in [1.807, 2.05) is 5.43 Å². The second-order valence-corrected chi connectivity index (χ2v) is 5.01. The van der Waals surface area contributed by atoms with Gasteiger partial charge in [-0.3, -0.25) is 15.0 Å². The van der Waals surface area contributed by atoms with Crippen LogP contribution in [-0.4, -0.2) is 24.2 Å². The fourth-order valence-corrected chi connectivity index (χ4v) is 2.72. The fraction of sp³-hybridized carbons (Fsp3) is 0.571. The SMILES string of the molecule is COCCCn1c2c(cc(C(=O)NN)c1=O)CCCC2. The molecule has 0 radical (unpaired) electrons. The lowest BCUT2D eigenvalue weighted by Crippen LogP contribution is -2.38. The molecule has 1 aliphatic carbocycles. The van der Waals surface area contributed by atoms with Gasteiger partial charge in [0.1, 0.15) is 5.56 Å². The molecule has 3 N–H and O–H groups in total. The zero-order chi connectivity index (χ0) is 14.5. The molecule has 0 atom stereocenters. The van der Waals surface area contributed by atoms with Crippen molar-refractivity contribution in [1.82, 2.24) is 9.99 Å². The van der Waals surface area contributed by atoms with Crippen LogP contribution in [0.5, 0.6) is 0 Å². The van der Waals surface area contributed by atoms with Crippen LogP contribution in [0.4, 0.5) is 0 Å². The predicted molar refractivity (Wildman–Crippen MR) is 75.5 cm³/mol. The Labute approximate surface area is 117 Å². The van der Waals surface area contributed by atoms with Gasteiger partial charge in [-0.1, -0.05) is 0 Å². The Bertz CT molecular complexity index is 551. The minimum atomic E-state index is -0.524. The Morgan fingerprint density at radius 1 is 1.45 bits per heavy atom. The average molecular weight is 279 g/mol. The van der Waals surface area contributed by atoms with Crippen molar-refractivity contribution in [2.45, 2.75) is 38.6 Å². The Balaban J connectivity index is 2.44. The van der Waals surface area contributed by atoms with E-state index in [2.05, 4.69) is 0 Å². The third kappa shape index (κ3) is 2.91. The Morgan fingerprint density at radius 2 is 2.20 bits per heavy atom. The van der Waals surface area contributed by atoms with Gasteiger partial charge in [-0.2, -0.15) is 0 Å². The highest BCUT2D eigenvalue weighted by molar-refractivity contribution is 5.93. The van der Waals surface area contributed by atoms with Gasteiger partial charge >= 0.3 is 0 Å². The largest absolute Gasteiger partial charge is 0.385 e. The van der Waals surface area contributed by atoms with Crippen molar-refractivity contribution in [3.8, 4) is 0 Å². The molecule has 0 fully saturated rings. The number of hydrogen-bond acceptors (Lipinski definition) is 4. The smallest absolute Gasteiger partial charge is 0.270 e. The van der Waals surface area contributed by atoms with E-state index in [-0.39, 0.29) is 11.1 Å². The first kappa shape index (κ1) is 14.7. The molecule has 0 bridgehead atoms. The number of hydrogen-bond donors (Lipinski definition) is 2. The van der Waals surface area contributed by atoms with Gasteiger partial charge < -0.3 is 9.30 Å². The van der Waals surface area contributed by atoms with E-state index in [0.717, 1.165) is 43.4 Å². The lowest BCUT2D eigenvalue weighted by Gasteiger charge is -2.22. The number of nitrogen functional groups attached to an aromatic ring is 1. The number of nitrogens with two attached hydrogens (primary N) is 1. The number of hydrazine groups is 1. The van der Waals surface area contributed by atoms with E-state index >= 15 is 0 Å². The molecular formula is C14H21N3O3. The Hall–Kier alpha value is -1.66.